The Hall–Kier alpha value is -2.12. The first-order chi connectivity index (χ1) is 11.9. The van der Waals surface area contributed by atoms with Crippen LogP contribution in [0.1, 0.15) is 13.8 Å². The van der Waals surface area contributed by atoms with E-state index in [0.717, 1.165) is 13.1 Å². The van der Waals surface area contributed by atoms with Crippen LogP contribution in [0.5, 0.6) is 5.75 Å². The van der Waals surface area contributed by atoms with Crippen molar-refractivity contribution in [2.24, 2.45) is 0 Å². The van der Waals surface area contributed by atoms with E-state index in [9.17, 15) is 9.59 Å². The predicted molar refractivity (Wildman–Crippen MR) is 95.7 cm³/mol. The summed E-state index contributed by atoms with van der Waals surface area (Å²) in [6, 6.07) is 7.11. The number of benzene rings is 1. The molecule has 0 aliphatic carbocycles. The molecular weight excluding hydrogens is 322 g/mol. The number of methoxy groups -OCH3 is 1. The number of hydrogen-bond acceptors (Lipinski definition) is 5. The van der Waals surface area contributed by atoms with E-state index in [-0.39, 0.29) is 30.6 Å². The fourth-order valence-electron chi connectivity index (χ4n) is 2.93. The smallest absolute Gasteiger partial charge is 0.243 e. The van der Waals surface area contributed by atoms with Crippen molar-refractivity contribution in [3.8, 4) is 5.75 Å². The first-order valence-corrected chi connectivity index (χ1v) is 8.43. The Morgan fingerprint density at radius 3 is 2.64 bits per heavy atom. The SMILES string of the molecule is COc1cccc(NC(=O)CN(C)C(=O)CN2C[C@H](C)O[C@@H](C)C2)c1. The largest absolute Gasteiger partial charge is 0.497 e. The number of nitrogens with zero attached hydrogens (tertiary/aromatic N) is 2. The fraction of sp³-hybridized carbons (Fsp3) is 0.556. The van der Waals surface area contributed by atoms with Gasteiger partial charge >= 0.3 is 0 Å². The van der Waals surface area contributed by atoms with E-state index in [2.05, 4.69) is 10.2 Å². The van der Waals surface area contributed by atoms with Crippen LogP contribution in [-0.2, 0) is 14.3 Å². The highest BCUT2D eigenvalue weighted by Gasteiger charge is 2.25. The molecule has 0 saturated carbocycles. The number of carbonyl (C=O) groups excluding carboxylic acids is 2. The van der Waals surface area contributed by atoms with Crippen molar-refractivity contribution in [2.45, 2.75) is 26.1 Å². The quantitative estimate of drug-likeness (QED) is 0.836. The summed E-state index contributed by atoms with van der Waals surface area (Å²) < 4.78 is 10.8. The molecule has 1 aliphatic heterocycles. The second-order valence-electron chi connectivity index (χ2n) is 6.48. The molecule has 1 heterocycles. The standard InChI is InChI=1S/C18H27N3O4/c1-13-9-21(10-14(2)25-13)12-18(23)20(3)11-17(22)19-15-6-5-7-16(8-15)24-4/h5-8,13-14H,9-12H2,1-4H3,(H,19,22)/t13-,14-/m0/s1. The molecule has 25 heavy (non-hydrogen) atoms. The molecule has 0 unspecified atom stereocenters. The second kappa shape index (κ2) is 8.82. The predicted octanol–water partition coefficient (Wildman–Crippen LogP) is 1.20. The first-order valence-electron chi connectivity index (χ1n) is 8.43. The summed E-state index contributed by atoms with van der Waals surface area (Å²) in [6.45, 7) is 5.74. The van der Waals surface area contributed by atoms with E-state index in [1.165, 1.54) is 4.90 Å². The lowest BCUT2D eigenvalue weighted by Gasteiger charge is -2.35. The van der Waals surface area contributed by atoms with E-state index in [4.69, 9.17) is 9.47 Å². The summed E-state index contributed by atoms with van der Waals surface area (Å²) in [7, 11) is 3.21. The Morgan fingerprint density at radius 1 is 1.32 bits per heavy atom. The molecule has 2 rings (SSSR count). The number of morpholine rings is 1. The molecule has 1 aromatic rings. The summed E-state index contributed by atoms with van der Waals surface area (Å²) >= 11 is 0. The van der Waals surface area contributed by atoms with Crippen molar-refractivity contribution in [3.05, 3.63) is 24.3 Å². The van der Waals surface area contributed by atoms with E-state index < -0.39 is 0 Å². The number of likely N-dealkylation sites (N-methyl/N-ethyl adjacent to an activating group) is 1. The van der Waals surface area contributed by atoms with Gasteiger partial charge in [0.1, 0.15) is 5.75 Å². The van der Waals surface area contributed by atoms with Crippen LogP contribution in [0.15, 0.2) is 24.3 Å². The molecule has 0 spiro atoms. The zero-order valence-electron chi connectivity index (χ0n) is 15.3. The van der Waals surface area contributed by atoms with Gasteiger partial charge in [0.2, 0.25) is 11.8 Å². The van der Waals surface area contributed by atoms with E-state index >= 15 is 0 Å². The van der Waals surface area contributed by atoms with Crippen LogP contribution in [0.25, 0.3) is 0 Å². The minimum Gasteiger partial charge on any atom is -0.497 e. The highest BCUT2D eigenvalue weighted by molar-refractivity contribution is 5.94. The van der Waals surface area contributed by atoms with Gasteiger partial charge in [-0.05, 0) is 26.0 Å². The molecule has 1 N–H and O–H groups in total. The molecule has 1 aromatic carbocycles. The van der Waals surface area contributed by atoms with Crippen molar-refractivity contribution < 1.29 is 19.1 Å². The number of nitrogens with one attached hydrogen (secondary N) is 1. The molecule has 0 radical (unpaired) electrons. The number of anilines is 1. The Morgan fingerprint density at radius 2 is 2.00 bits per heavy atom. The van der Waals surface area contributed by atoms with Crippen molar-refractivity contribution in [3.63, 3.8) is 0 Å². The topological polar surface area (TPSA) is 71.1 Å². The first kappa shape index (κ1) is 19.2. The lowest BCUT2D eigenvalue weighted by atomic mass is 10.2. The van der Waals surface area contributed by atoms with Gasteiger partial charge < -0.3 is 19.7 Å². The Balaban J connectivity index is 1.82. The molecule has 1 saturated heterocycles. The number of amides is 2. The van der Waals surface area contributed by atoms with Crippen LogP contribution in [0.4, 0.5) is 5.69 Å². The van der Waals surface area contributed by atoms with Gasteiger partial charge in [-0.3, -0.25) is 14.5 Å². The van der Waals surface area contributed by atoms with Crippen molar-refractivity contribution in [2.75, 3.05) is 45.7 Å². The maximum atomic E-state index is 12.4. The third-order valence-corrected chi connectivity index (χ3v) is 4.01. The van der Waals surface area contributed by atoms with E-state index in [0.29, 0.717) is 18.0 Å². The highest BCUT2D eigenvalue weighted by atomic mass is 16.5. The van der Waals surface area contributed by atoms with Gasteiger partial charge in [0.15, 0.2) is 0 Å². The molecule has 1 fully saturated rings. The fourth-order valence-corrected chi connectivity index (χ4v) is 2.93. The molecular formula is C18H27N3O4. The Bertz CT molecular complexity index is 598. The summed E-state index contributed by atoms with van der Waals surface area (Å²) in [5.74, 6) is 0.340. The molecule has 0 aromatic heterocycles. The maximum Gasteiger partial charge on any atom is 0.243 e. The minimum absolute atomic E-state index is 0.00545. The number of ether oxygens (including phenoxy) is 2. The van der Waals surface area contributed by atoms with Crippen molar-refractivity contribution in [1.29, 1.82) is 0 Å². The van der Waals surface area contributed by atoms with Crippen molar-refractivity contribution >= 4 is 17.5 Å². The number of hydrogen-bond donors (Lipinski definition) is 1. The van der Waals surface area contributed by atoms with Crippen molar-refractivity contribution in [1.82, 2.24) is 9.80 Å². The van der Waals surface area contributed by atoms with Crippen LogP contribution in [0.3, 0.4) is 0 Å². The molecule has 138 valence electrons. The van der Waals surface area contributed by atoms with Crippen LogP contribution < -0.4 is 10.1 Å². The molecule has 7 nitrogen and oxygen atoms in total. The maximum absolute atomic E-state index is 12.4. The van der Waals surface area contributed by atoms with E-state index in [1.54, 1.807) is 38.4 Å². The third kappa shape index (κ3) is 6.03. The number of rotatable bonds is 6. The monoisotopic (exact) mass is 349 g/mol. The Labute approximate surface area is 148 Å². The summed E-state index contributed by atoms with van der Waals surface area (Å²) in [5, 5.41) is 2.77. The molecule has 2 atom stereocenters. The second-order valence-corrected chi connectivity index (χ2v) is 6.48. The summed E-state index contributed by atoms with van der Waals surface area (Å²) in [5.41, 5.74) is 0.640. The zero-order valence-corrected chi connectivity index (χ0v) is 15.3. The number of carbonyl (C=O) groups is 2. The van der Waals surface area contributed by atoms with Crippen LogP contribution in [-0.4, -0.2) is 74.2 Å². The van der Waals surface area contributed by atoms with Gasteiger partial charge in [-0.2, -0.15) is 0 Å². The third-order valence-electron chi connectivity index (χ3n) is 4.01. The van der Waals surface area contributed by atoms with Gasteiger partial charge in [-0.1, -0.05) is 6.07 Å². The van der Waals surface area contributed by atoms with Crippen LogP contribution in [0.2, 0.25) is 0 Å². The highest BCUT2D eigenvalue weighted by Crippen LogP contribution is 2.16. The van der Waals surface area contributed by atoms with Gasteiger partial charge in [0.05, 0.1) is 32.4 Å². The van der Waals surface area contributed by atoms with Gasteiger partial charge in [0.25, 0.3) is 0 Å². The molecule has 1 aliphatic rings. The molecule has 0 bridgehead atoms. The minimum atomic E-state index is -0.243. The van der Waals surface area contributed by atoms with Crippen LogP contribution >= 0.6 is 0 Å². The van der Waals surface area contributed by atoms with Gasteiger partial charge in [0, 0.05) is 31.9 Å². The Kier molecular flexibility index (Phi) is 6.78. The average Bonchev–Trinajstić information content (AvgIpc) is 2.53. The average molecular weight is 349 g/mol. The molecule has 2 amide bonds. The normalized spacial score (nSPS) is 20.8. The lowest BCUT2D eigenvalue weighted by molar-refractivity contribution is -0.137. The molecule has 7 heteroatoms. The zero-order chi connectivity index (χ0) is 18.4. The van der Waals surface area contributed by atoms with Gasteiger partial charge in [-0.25, -0.2) is 0 Å². The van der Waals surface area contributed by atoms with Gasteiger partial charge in [-0.15, -0.1) is 0 Å². The lowest BCUT2D eigenvalue weighted by Crippen LogP contribution is -2.50. The summed E-state index contributed by atoms with van der Waals surface area (Å²) in [4.78, 5) is 28.0. The van der Waals surface area contributed by atoms with Crippen LogP contribution in [0, 0.1) is 0 Å². The summed E-state index contributed by atoms with van der Waals surface area (Å²) in [6.07, 6.45) is 0.219. The van der Waals surface area contributed by atoms with E-state index in [1.807, 2.05) is 13.8 Å².